The molecule has 0 spiro atoms. The van der Waals surface area contributed by atoms with E-state index in [1.807, 2.05) is 50.2 Å². The van der Waals surface area contributed by atoms with Crippen LogP contribution in [0.15, 0.2) is 127 Å². The number of nitrogens with two attached hydrogens (primary N) is 2. The number of ketones is 2. The molecule has 0 aromatic heterocycles. The number of fused-ring (bicyclic) bond motifs is 15. The Balaban J connectivity index is 0.0000146. The summed E-state index contributed by atoms with van der Waals surface area (Å²) in [6.45, 7) is 5.51. The lowest BCUT2D eigenvalue weighted by molar-refractivity contribution is -0.351. The number of carbonyl (C=O) groups excluding carboxylic acids is 7. The van der Waals surface area contributed by atoms with E-state index in [1.54, 1.807) is 12.1 Å². The first-order valence-corrected chi connectivity index (χ1v) is 41.8. The number of likely N-dealkylation sites (N-methyl/N-ethyl adjacent to an activating group) is 1. The van der Waals surface area contributed by atoms with E-state index in [9.17, 15) is 75.7 Å². The van der Waals surface area contributed by atoms with Gasteiger partial charge in [-0.15, -0.1) is 0 Å². The number of phenolic OH excluding ortho intramolecular Hbond substituents is 3. The van der Waals surface area contributed by atoms with E-state index >= 15 is 24.0 Å². The van der Waals surface area contributed by atoms with Gasteiger partial charge in [0.15, 0.2) is 41.7 Å². The number of Topliss-reactive ketones (excluding diaryl/α,β-unsaturated/α-hetero) is 2. The second kappa shape index (κ2) is 40.2. The first kappa shape index (κ1) is 95.9. The number of carboxylic acids is 1. The highest BCUT2D eigenvalue weighted by molar-refractivity contribution is 6.32. The van der Waals surface area contributed by atoms with E-state index < -0.39 is 280 Å². The summed E-state index contributed by atoms with van der Waals surface area (Å²) in [4.78, 5) is 121. The van der Waals surface area contributed by atoms with E-state index in [-0.39, 0.29) is 60.1 Å². The monoisotopic (exact) mass is 1820 g/mol. The quantitative estimate of drug-likeness (QED) is 0.0422. The number of rotatable bonds is 20. The number of aromatic hydroxyl groups is 3. The molecule has 23 atom stereocenters. The van der Waals surface area contributed by atoms with Crippen molar-refractivity contribution in [1.82, 2.24) is 26.6 Å². The Bertz CT molecular complexity index is 5240. The number of phenols is 3. The van der Waals surface area contributed by atoms with Crippen LogP contribution in [0.3, 0.4) is 0 Å². The average Bonchev–Trinajstić information content (AvgIpc) is 0.761. The van der Waals surface area contributed by atoms with Gasteiger partial charge in [-0.2, -0.15) is 0 Å². The molecule has 5 amide bonds. The van der Waals surface area contributed by atoms with Gasteiger partial charge >= 0.3 is 5.97 Å². The molecule has 7 aromatic rings. The number of hydrogen-bond acceptors (Lipinski definition) is 29. The topological polar surface area (TPSA) is 565 Å². The van der Waals surface area contributed by atoms with Crippen LogP contribution in [0.1, 0.15) is 144 Å². The van der Waals surface area contributed by atoms with Crippen molar-refractivity contribution >= 4 is 81.9 Å². The largest absolute Gasteiger partial charge is 0.508 e. The lowest BCUT2D eigenvalue weighted by atomic mass is 9.84. The number of carbonyl (C=O) groups is 8. The van der Waals surface area contributed by atoms with Crippen LogP contribution in [0, 0.1) is 11.8 Å². The molecule has 8 aliphatic rings. The summed E-state index contributed by atoms with van der Waals surface area (Å²) >= 11 is 20.7. The van der Waals surface area contributed by atoms with Crippen LogP contribution in [0.5, 0.6) is 46.0 Å². The maximum atomic E-state index is 16.6. The minimum Gasteiger partial charge on any atom is -0.508 e. The molecule has 3 saturated heterocycles. The van der Waals surface area contributed by atoms with Gasteiger partial charge in [-0.25, -0.2) is 4.79 Å². The Kier molecular flexibility index (Phi) is 30.3. The fourth-order valence-corrected chi connectivity index (χ4v) is 17.2. The molecule has 21 N–H and O–H groups in total. The molecule has 127 heavy (non-hydrogen) atoms. The van der Waals surface area contributed by atoms with Crippen LogP contribution in [0.2, 0.25) is 15.1 Å². The molecule has 0 saturated carbocycles. The zero-order valence-electron chi connectivity index (χ0n) is 68.5. The predicted octanol–water partition coefficient (Wildman–Crippen LogP) is 5.89. The molecular weight excluding hydrogens is 1720 g/mol. The lowest BCUT2D eigenvalue weighted by Gasteiger charge is -2.46. The van der Waals surface area contributed by atoms with E-state index in [0.29, 0.717) is 17.9 Å². The van der Waals surface area contributed by atoms with E-state index in [2.05, 4.69) is 26.6 Å². The SMILES string of the molecule is C.CN[C@H](CC(C)C)C(=O)NC1C(=O)C[C@H](CC(N)=O)C(=O)N[C@H]2C(=O)C[C@@H]3C(=O)N[C@H](C(=O)N[C@H](C(=O)O)c4cc(O)cc(O)c4-c4cc3ccc4O)[C@H](OC3C[C@](C)(N)[C@@H](O)[C@H](C)O3)c3ccc(c(Cl)c3)Oc3cc2cc(c3O[C@@H]2O[C@H](CO)[C@@H](O[C@@H]3O[C@H](CCCc4ccc(-c5ccc(Cl)cc5)cc4)[C@H](O)[C@H](O)[C@H]3O)[C@H](O)[C@H]2O)Oc2ccc(cc2Cl)[C@H]1O. The number of halogens is 3. The van der Waals surface area contributed by atoms with Gasteiger partial charge in [-0.1, -0.05) is 111 Å². The molecule has 8 heterocycles. The molecule has 7 aromatic carbocycles. The normalized spacial score (nSPS) is 29.5. The number of primary amides is 1. The molecule has 0 aliphatic carbocycles. The standard InChI is InChI=1S/C88H98Cl3N7O28.CH4/c1-36(2)23-53(94-5)83(115)97-69-56(103)27-45(30-64(92)105)81(113)95-67-44-28-61(120-58-21-16-42(71(69)106)25-51(58)90)78(125-87-76(111)74(109)79(63(35-99)123-87)126-86-75(110)73(108)72(107)60(122-86)8-6-7-38-9-11-39(12-10-38)40-13-18-46(89)19-14-40)62(29-44)121-59-22-17-43(26-52(59)91)77(124-65-34-88(4,93)80(112)37(3)119-65)70-84(116)96-68(85(117)118)50-31-47(100)32-55(102)66(50)49-24-41(15-20-54(49)101)48(33-57(67)104)82(114)98-70;/h9-22,24-26,28-29,31-32,36-37,45,48,53,60,63,65,67-77,79-80,86-87,94,99-102,106-112H,6-8,23,27,30,33-35,93H2,1-5H3,(H2,92,105)(H,95,113)(H,96,116)(H,97,115)(H,98,114)(H,117,118);1H4/t37-,45+,48-,53+,60+,63+,65?,67+,68-,69?,70-,71+,72-,73-,74+,75+,76+,77+,79+,80-,86-,87-,88-;/m0./s1. The number of nitrogens with one attached hydrogen (secondary N) is 5. The minimum absolute atomic E-state index is 0. The molecular formula is C89H102Cl3N7O28. The summed E-state index contributed by atoms with van der Waals surface area (Å²) in [5, 5.41) is 153. The second-order valence-corrected chi connectivity index (χ2v) is 34.3. The Morgan fingerprint density at radius 3 is 1.89 bits per heavy atom. The highest BCUT2D eigenvalue weighted by Gasteiger charge is 2.53. The number of aryl methyl sites for hydroxylation is 1. The summed E-state index contributed by atoms with van der Waals surface area (Å²) in [6, 6.07) is 19.5. The summed E-state index contributed by atoms with van der Waals surface area (Å²) < 4.78 is 51.6. The average molecular weight is 1820 g/mol. The summed E-state index contributed by atoms with van der Waals surface area (Å²) in [5.41, 5.74) is 11.3. The van der Waals surface area contributed by atoms with E-state index in [4.69, 9.17) is 84.2 Å². The number of ether oxygens (including phenoxy) is 8. The molecule has 38 heteroatoms. The molecule has 3 fully saturated rings. The molecule has 682 valence electrons. The molecule has 15 rings (SSSR count). The van der Waals surface area contributed by atoms with Crippen molar-refractivity contribution in [1.29, 1.82) is 0 Å². The highest BCUT2D eigenvalue weighted by Crippen LogP contribution is 2.51. The number of carboxylic acid groups (broad SMARTS) is 1. The van der Waals surface area contributed by atoms with Gasteiger partial charge in [0.1, 0.15) is 102 Å². The van der Waals surface area contributed by atoms with Crippen molar-refractivity contribution in [3.8, 4) is 68.2 Å². The first-order valence-electron chi connectivity index (χ1n) is 40.7. The fourth-order valence-electron chi connectivity index (χ4n) is 16.6. The van der Waals surface area contributed by atoms with Gasteiger partial charge in [0, 0.05) is 59.0 Å². The minimum atomic E-state index is -2.34. The Hall–Kier alpha value is -10.2. The van der Waals surface area contributed by atoms with Crippen molar-refractivity contribution in [2.45, 2.75) is 220 Å². The van der Waals surface area contributed by atoms with Gasteiger partial charge in [-0.3, -0.25) is 33.6 Å². The molecule has 35 nitrogen and oxygen atoms in total. The third-order valence-electron chi connectivity index (χ3n) is 23.4. The summed E-state index contributed by atoms with van der Waals surface area (Å²) in [7, 11) is 1.48. The van der Waals surface area contributed by atoms with Crippen LogP contribution in [-0.4, -0.2) is 226 Å². The maximum Gasteiger partial charge on any atom is 0.330 e. The third-order valence-corrected chi connectivity index (χ3v) is 24.2. The van der Waals surface area contributed by atoms with Crippen LogP contribution in [0.25, 0.3) is 22.3 Å². The van der Waals surface area contributed by atoms with Gasteiger partial charge in [-0.05, 0) is 158 Å². The lowest BCUT2D eigenvalue weighted by Crippen LogP contribution is -2.64. The van der Waals surface area contributed by atoms with Crippen LogP contribution < -0.4 is 52.3 Å². The first-order chi connectivity index (χ1) is 59.8. The maximum absolute atomic E-state index is 16.6. The number of benzene rings is 7. The zero-order valence-corrected chi connectivity index (χ0v) is 70.7. The zero-order chi connectivity index (χ0) is 90.9. The van der Waals surface area contributed by atoms with Crippen molar-refractivity contribution in [2.75, 3.05) is 13.7 Å². The Morgan fingerprint density at radius 1 is 0.654 bits per heavy atom. The number of aliphatic hydroxyl groups excluding tert-OH is 8. The fraction of sp³-hybridized carbons (Fsp3) is 0.438. The van der Waals surface area contributed by atoms with Crippen molar-refractivity contribution in [3.05, 3.63) is 176 Å². The van der Waals surface area contributed by atoms with Crippen LogP contribution >= 0.6 is 34.8 Å². The summed E-state index contributed by atoms with van der Waals surface area (Å²) in [5.74, 6) is -19.3. The Labute approximate surface area is 743 Å². The van der Waals surface area contributed by atoms with Crippen molar-refractivity contribution < 1.29 is 138 Å². The van der Waals surface area contributed by atoms with Crippen LogP contribution in [0.4, 0.5) is 0 Å². The van der Waals surface area contributed by atoms with Crippen LogP contribution in [-0.2, 0) is 68.5 Å². The molecule has 11 bridgehead atoms. The van der Waals surface area contributed by atoms with E-state index in [1.165, 1.54) is 51.2 Å². The molecule has 8 aliphatic heterocycles. The molecule has 2 unspecified atom stereocenters. The second-order valence-electron chi connectivity index (χ2n) is 33.0. The number of aliphatic hydroxyl groups is 8. The van der Waals surface area contributed by atoms with E-state index in [0.717, 1.165) is 65.2 Å². The van der Waals surface area contributed by atoms with Gasteiger partial charge in [0.25, 0.3) is 0 Å². The Morgan fingerprint density at radius 2 is 1.28 bits per heavy atom. The number of amides is 5. The van der Waals surface area contributed by atoms with Gasteiger partial charge in [0.2, 0.25) is 41.6 Å². The summed E-state index contributed by atoms with van der Waals surface area (Å²) in [6.07, 6.45) is -29.6. The predicted molar refractivity (Wildman–Crippen MR) is 454 cm³/mol. The van der Waals surface area contributed by atoms with Gasteiger partial charge < -0.3 is 137 Å². The number of hydrogen-bond donors (Lipinski definition) is 19. The third kappa shape index (κ3) is 21.2. The van der Waals surface area contributed by atoms with Crippen molar-refractivity contribution in [3.63, 3.8) is 0 Å². The smallest absolute Gasteiger partial charge is 0.330 e. The number of aliphatic carboxylic acids is 1. The highest BCUT2D eigenvalue weighted by atomic mass is 35.5. The molecule has 0 radical (unpaired) electrons. The van der Waals surface area contributed by atoms with Crippen molar-refractivity contribution in [2.24, 2.45) is 23.3 Å². The van der Waals surface area contributed by atoms with Gasteiger partial charge in [0.05, 0.1) is 52.8 Å².